The molecule has 168 valence electrons. The van der Waals surface area contributed by atoms with Crippen molar-refractivity contribution in [3.8, 4) is 12.3 Å². The van der Waals surface area contributed by atoms with E-state index in [-0.39, 0.29) is 6.10 Å². The maximum absolute atomic E-state index is 11.9. The molecule has 2 aliphatic heterocycles. The summed E-state index contributed by atoms with van der Waals surface area (Å²) in [7, 11) is 0. The number of carboxylic acids is 1. The second-order valence-electron chi connectivity index (χ2n) is 8.58. The number of aromatic nitrogens is 1. The molecule has 2 atom stereocenters. The lowest BCUT2D eigenvalue weighted by molar-refractivity contribution is -0.143. The van der Waals surface area contributed by atoms with E-state index in [0.29, 0.717) is 19.7 Å². The van der Waals surface area contributed by atoms with Crippen molar-refractivity contribution in [3.05, 3.63) is 58.8 Å². The Bertz CT molecular complexity index is 967. The van der Waals surface area contributed by atoms with Gasteiger partial charge in [-0.05, 0) is 67.9 Å². The first-order valence-corrected chi connectivity index (χ1v) is 11.5. The topological polar surface area (TPSA) is 74.7 Å². The van der Waals surface area contributed by atoms with Gasteiger partial charge in [-0.3, -0.25) is 9.69 Å². The number of unbranched alkanes of at least 4 members (excludes halogenated alkanes) is 1. The number of fused-ring (bicyclic) bond motifs is 1. The number of likely N-dealkylation sites (tertiary alicyclic amines) is 1. The molecule has 2 aromatic rings. The number of ether oxygens (including phenoxy) is 1. The number of rotatable bonds is 9. The molecule has 6 nitrogen and oxygen atoms in total. The second kappa shape index (κ2) is 10.6. The maximum Gasteiger partial charge on any atom is 0.325 e. The predicted octanol–water partition coefficient (Wildman–Crippen LogP) is 3.66. The Morgan fingerprint density at radius 2 is 2.12 bits per heavy atom. The van der Waals surface area contributed by atoms with E-state index in [1.165, 1.54) is 12.0 Å². The third-order valence-electron chi connectivity index (χ3n) is 6.30. The average molecular weight is 434 g/mol. The summed E-state index contributed by atoms with van der Waals surface area (Å²) in [5, 5.41) is 13.2. The summed E-state index contributed by atoms with van der Waals surface area (Å²) in [6.45, 7) is 3.04. The number of aliphatic carboxylic acids is 1. The Hall–Kier alpha value is -2.88. The fraction of sp³-hybridized carbons (Fsp3) is 0.462. The zero-order valence-electron chi connectivity index (χ0n) is 18.4. The number of nitrogens with one attached hydrogen (secondary N) is 1. The highest BCUT2D eigenvalue weighted by molar-refractivity contribution is 5.75. The molecule has 0 spiro atoms. The van der Waals surface area contributed by atoms with Gasteiger partial charge >= 0.3 is 5.97 Å². The van der Waals surface area contributed by atoms with Crippen molar-refractivity contribution in [2.24, 2.45) is 0 Å². The summed E-state index contributed by atoms with van der Waals surface area (Å²) < 4.78 is 6.07. The fourth-order valence-electron chi connectivity index (χ4n) is 4.56. The number of terminal acetylenes is 1. The van der Waals surface area contributed by atoms with Crippen LogP contribution in [0.2, 0.25) is 0 Å². The van der Waals surface area contributed by atoms with E-state index in [2.05, 4.69) is 23.4 Å². The number of hydrogen-bond acceptors (Lipinski definition) is 5. The molecule has 0 aliphatic carbocycles. The summed E-state index contributed by atoms with van der Waals surface area (Å²) in [4.78, 5) is 18.7. The van der Waals surface area contributed by atoms with Gasteiger partial charge in [0.25, 0.3) is 0 Å². The standard InChI is InChI=1S/C26H31N3O3/c1-2-19-8-10-20(11-9-19)24(26(30)31)29-16-14-23(18-29)32-17-4-3-7-22-13-12-21-6-5-15-27-25(21)28-22/h1,8-13,23-24H,3-7,14-18H2,(H,27,28)(H,30,31)/t23-,24-/m1/s1. The van der Waals surface area contributed by atoms with Gasteiger partial charge < -0.3 is 15.2 Å². The van der Waals surface area contributed by atoms with E-state index < -0.39 is 12.0 Å². The van der Waals surface area contributed by atoms with Gasteiger partial charge in [-0.15, -0.1) is 6.42 Å². The highest BCUT2D eigenvalue weighted by Crippen LogP contribution is 2.27. The molecule has 0 unspecified atom stereocenters. The van der Waals surface area contributed by atoms with Crippen LogP contribution in [0.4, 0.5) is 5.82 Å². The van der Waals surface area contributed by atoms with Gasteiger partial charge in [0, 0.05) is 37.5 Å². The number of anilines is 1. The Morgan fingerprint density at radius 1 is 1.28 bits per heavy atom. The molecule has 1 fully saturated rings. The second-order valence-corrected chi connectivity index (χ2v) is 8.58. The molecule has 2 aliphatic rings. The van der Waals surface area contributed by atoms with Gasteiger partial charge in [0.15, 0.2) is 0 Å². The van der Waals surface area contributed by atoms with Crippen LogP contribution in [0.25, 0.3) is 0 Å². The zero-order chi connectivity index (χ0) is 22.3. The van der Waals surface area contributed by atoms with Gasteiger partial charge in [0.2, 0.25) is 0 Å². The van der Waals surface area contributed by atoms with Gasteiger partial charge in [-0.1, -0.05) is 24.1 Å². The third-order valence-corrected chi connectivity index (χ3v) is 6.30. The van der Waals surface area contributed by atoms with E-state index in [4.69, 9.17) is 16.1 Å². The molecule has 1 saturated heterocycles. The van der Waals surface area contributed by atoms with Gasteiger partial charge in [-0.25, -0.2) is 4.98 Å². The molecule has 2 N–H and O–H groups in total. The molecule has 1 aromatic carbocycles. The number of carboxylic acid groups (broad SMARTS) is 1. The molecular weight excluding hydrogens is 402 g/mol. The summed E-state index contributed by atoms with van der Waals surface area (Å²) in [5.74, 6) is 2.78. The molecule has 3 heterocycles. The Morgan fingerprint density at radius 3 is 2.91 bits per heavy atom. The molecule has 32 heavy (non-hydrogen) atoms. The van der Waals surface area contributed by atoms with Crippen LogP contribution in [0.3, 0.4) is 0 Å². The lowest BCUT2D eigenvalue weighted by Crippen LogP contribution is -2.33. The molecule has 1 aromatic heterocycles. The fourth-order valence-corrected chi connectivity index (χ4v) is 4.56. The van der Waals surface area contributed by atoms with Gasteiger partial charge in [-0.2, -0.15) is 0 Å². The number of aryl methyl sites for hydroxylation is 2. The van der Waals surface area contributed by atoms with E-state index in [1.807, 2.05) is 17.0 Å². The third kappa shape index (κ3) is 5.48. The highest BCUT2D eigenvalue weighted by atomic mass is 16.5. The highest BCUT2D eigenvalue weighted by Gasteiger charge is 2.33. The molecule has 4 rings (SSSR count). The molecule has 0 saturated carbocycles. The quantitative estimate of drug-likeness (QED) is 0.464. The van der Waals surface area contributed by atoms with Crippen LogP contribution in [-0.4, -0.2) is 53.3 Å². The first-order valence-electron chi connectivity index (χ1n) is 11.5. The van der Waals surface area contributed by atoms with Crippen molar-refractivity contribution in [2.75, 3.05) is 31.6 Å². The number of hydrogen-bond donors (Lipinski definition) is 2. The lowest BCUT2D eigenvalue weighted by atomic mass is 10.0. The predicted molar refractivity (Wildman–Crippen MR) is 125 cm³/mol. The van der Waals surface area contributed by atoms with Crippen LogP contribution >= 0.6 is 0 Å². The van der Waals surface area contributed by atoms with E-state index in [9.17, 15) is 9.90 Å². The zero-order valence-corrected chi connectivity index (χ0v) is 18.4. The Balaban J connectivity index is 1.21. The van der Waals surface area contributed by atoms with Crippen LogP contribution in [-0.2, 0) is 22.4 Å². The summed E-state index contributed by atoms with van der Waals surface area (Å²) >= 11 is 0. The molecular formula is C26H31N3O3. The normalized spacial score (nSPS) is 19.0. The van der Waals surface area contributed by atoms with Crippen molar-refractivity contribution >= 4 is 11.8 Å². The summed E-state index contributed by atoms with van der Waals surface area (Å²) in [6.07, 6.45) is 11.6. The van der Waals surface area contributed by atoms with Crippen LogP contribution in [0.15, 0.2) is 36.4 Å². The number of nitrogens with zero attached hydrogens (tertiary/aromatic N) is 2. The van der Waals surface area contributed by atoms with Gasteiger partial charge in [0.1, 0.15) is 11.9 Å². The molecule has 0 radical (unpaired) electrons. The summed E-state index contributed by atoms with van der Waals surface area (Å²) in [6, 6.07) is 10.9. The lowest BCUT2D eigenvalue weighted by Gasteiger charge is -2.24. The molecule has 0 amide bonds. The molecule has 6 heteroatoms. The van der Waals surface area contributed by atoms with E-state index in [1.54, 1.807) is 12.1 Å². The van der Waals surface area contributed by atoms with Crippen molar-refractivity contribution in [1.82, 2.24) is 9.88 Å². The van der Waals surface area contributed by atoms with E-state index in [0.717, 1.165) is 61.3 Å². The van der Waals surface area contributed by atoms with Crippen LogP contribution in [0.1, 0.15) is 54.1 Å². The van der Waals surface area contributed by atoms with Crippen LogP contribution in [0, 0.1) is 12.3 Å². The van der Waals surface area contributed by atoms with Crippen molar-refractivity contribution in [2.45, 2.75) is 50.7 Å². The van der Waals surface area contributed by atoms with Gasteiger partial charge in [0.05, 0.1) is 6.10 Å². The van der Waals surface area contributed by atoms with Crippen molar-refractivity contribution in [1.29, 1.82) is 0 Å². The number of pyridine rings is 1. The minimum atomic E-state index is -0.842. The smallest absolute Gasteiger partial charge is 0.325 e. The Labute approximate surface area is 190 Å². The van der Waals surface area contributed by atoms with Crippen LogP contribution in [0.5, 0.6) is 0 Å². The first-order chi connectivity index (χ1) is 15.6. The molecule has 0 bridgehead atoms. The van der Waals surface area contributed by atoms with Crippen molar-refractivity contribution < 1.29 is 14.6 Å². The monoisotopic (exact) mass is 433 g/mol. The van der Waals surface area contributed by atoms with Crippen molar-refractivity contribution in [3.63, 3.8) is 0 Å². The number of carbonyl (C=O) groups is 1. The largest absolute Gasteiger partial charge is 0.480 e. The van der Waals surface area contributed by atoms with E-state index >= 15 is 0 Å². The SMILES string of the molecule is C#Cc1ccc([C@H](C(=O)O)N2CC[C@@H](OCCCCc3ccc4c(n3)NCCC4)C2)cc1. The summed E-state index contributed by atoms with van der Waals surface area (Å²) in [5.41, 5.74) is 3.96. The van der Waals surface area contributed by atoms with Crippen LogP contribution < -0.4 is 5.32 Å². The maximum atomic E-state index is 11.9. The average Bonchev–Trinajstić information content (AvgIpc) is 3.27. The Kier molecular flexibility index (Phi) is 7.41. The minimum Gasteiger partial charge on any atom is -0.480 e. The minimum absolute atomic E-state index is 0.0768. The first kappa shape index (κ1) is 22.3. The number of benzene rings is 1.